The van der Waals surface area contributed by atoms with Crippen molar-refractivity contribution in [1.82, 2.24) is 0 Å². The van der Waals surface area contributed by atoms with Gasteiger partial charge in [0.15, 0.2) is 0 Å². The van der Waals surface area contributed by atoms with Crippen LogP contribution in [0.4, 0.5) is 0 Å². The van der Waals surface area contributed by atoms with Crippen LogP contribution in [-0.4, -0.2) is 57.4 Å². The summed E-state index contributed by atoms with van der Waals surface area (Å²) in [5.74, 6) is 0. The standard InChI is InChI=1S/C12H25NO4/c1-11(2)12(14)3-5-15-7-9-17-10-8-16-6-4-13/h12,14H,1,3-10,13H2,2H3. The second-order valence-corrected chi connectivity index (χ2v) is 3.78. The lowest BCUT2D eigenvalue weighted by Gasteiger charge is -2.10. The van der Waals surface area contributed by atoms with Crippen LogP contribution >= 0.6 is 0 Å². The summed E-state index contributed by atoms with van der Waals surface area (Å²) >= 11 is 0. The van der Waals surface area contributed by atoms with Crippen molar-refractivity contribution in [2.75, 3.05) is 46.2 Å². The molecule has 1 atom stereocenters. The van der Waals surface area contributed by atoms with Gasteiger partial charge in [0.2, 0.25) is 0 Å². The Labute approximate surface area is 104 Å². The first kappa shape index (κ1) is 16.5. The number of ether oxygens (including phenoxy) is 3. The van der Waals surface area contributed by atoms with E-state index < -0.39 is 6.10 Å². The zero-order valence-corrected chi connectivity index (χ0v) is 10.7. The third-order valence-corrected chi connectivity index (χ3v) is 2.11. The maximum absolute atomic E-state index is 9.41. The van der Waals surface area contributed by atoms with Crippen LogP contribution in [0, 0.1) is 0 Å². The molecule has 0 aromatic rings. The molecule has 0 saturated heterocycles. The van der Waals surface area contributed by atoms with Crippen LogP contribution in [0.15, 0.2) is 12.2 Å². The lowest BCUT2D eigenvalue weighted by molar-refractivity contribution is 0.0109. The van der Waals surface area contributed by atoms with Gasteiger partial charge in [0.05, 0.1) is 39.1 Å². The Kier molecular flexibility index (Phi) is 11.7. The molecule has 0 radical (unpaired) electrons. The summed E-state index contributed by atoms with van der Waals surface area (Å²) in [7, 11) is 0. The van der Waals surface area contributed by atoms with Gasteiger partial charge in [-0.15, -0.1) is 0 Å². The summed E-state index contributed by atoms with van der Waals surface area (Å²) in [5, 5.41) is 9.41. The van der Waals surface area contributed by atoms with Gasteiger partial charge in [-0.05, 0) is 6.92 Å². The van der Waals surface area contributed by atoms with Gasteiger partial charge in [-0.25, -0.2) is 0 Å². The Morgan fingerprint density at radius 3 is 2.00 bits per heavy atom. The van der Waals surface area contributed by atoms with Crippen LogP contribution in [-0.2, 0) is 14.2 Å². The molecular formula is C12H25NO4. The summed E-state index contributed by atoms with van der Waals surface area (Å²) < 4.78 is 15.7. The minimum absolute atomic E-state index is 0.472. The lowest BCUT2D eigenvalue weighted by atomic mass is 10.1. The van der Waals surface area contributed by atoms with Gasteiger partial charge in [-0.1, -0.05) is 12.2 Å². The van der Waals surface area contributed by atoms with E-state index in [1.54, 1.807) is 6.92 Å². The van der Waals surface area contributed by atoms with Gasteiger partial charge in [0, 0.05) is 19.6 Å². The van der Waals surface area contributed by atoms with E-state index in [1.807, 2.05) is 0 Å². The molecule has 0 aliphatic heterocycles. The molecular weight excluding hydrogens is 222 g/mol. The van der Waals surface area contributed by atoms with Gasteiger partial charge < -0.3 is 25.1 Å². The normalized spacial score (nSPS) is 12.6. The maximum Gasteiger partial charge on any atom is 0.0766 e. The Hall–Kier alpha value is -0.460. The highest BCUT2D eigenvalue weighted by molar-refractivity contribution is 4.96. The molecule has 0 heterocycles. The van der Waals surface area contributed by atoms with Gasteiger partial charge >= 0.3 is 0 Å². The topological polar surface area (TPSA) is 73.9 Å². The summed E-state index contributed by atoms with van der Waals surface area (Å²) in [4.78, 5) is 0. The van der Waals surface area contributed by atoms with Crippen molar-refractivity contribution in [1.29, 1.82) is 0 Å². The summed E-state index contributed by atoms with van der Waals surface area (Å²) in [6.07, 6.45) is 0.107. The fraction of sp³-hybridized carbons (Fsp3) is 0.833. The highest BCUT2D eigenvalue weighted by atomic mass is 16.5. The number of hydrogen-bond acceptors (Lipinski definition) is 5. The molecule has 0 aromatic carbocycles. The van der Waals surface area contributed by atoms with Gasteiger partial charge in [0.25, 0.3) is 0 Å². The Bertz CT molecular complexity index is 187. The van der Waals surface area contributed by atoms with Crippen molar-refractivity contribution >= 4 is 0 Å². The van der Waals surface area contributed by atoms with Gasteiger partial charge in [-0.2, -0.15) is 0 Å². The molecule has 0 rings (SSSR count). The first-order valence-electron chi connectivity index (χ1n) is 5.95. The molecule has 3 N–H and O–H groups in total. The average Bonchev–Trinajstić information content (AvgIpc) is 2.31. The molecule has 102 valence electrons. The third kappa shape index (κ3) is 11.8. The van der Waals surface area contributed by atoms with Gasteiger partial charge in [0.1, 0.15) is 0 Å². The average molecular weight is 247 g/mol. The number of aliphatic hydroxyl groups is 1. The van der Waals surface area contributed by atoms with Crippen molar-refractivity contribution in [3.8, 4) is 0 Å². The monoisotopic (exact) mass is 247 g/mol. The molecule has 0 amide bonds. The van der Waals surface area contributed by atoms with Crippen molar-refractivity contribution < 1.29 is 19.3 Å². The third-order valence-electron chi connectivity index (χ3n) is 2.11. The van der Waals surface area contributed by atoms with Crippen LogP contribution in [0.25, 0.3) is 0 Å². The van der Waals surface area contributed by atoms with E-state index in [-0.39, 0.29) is 0 Å². The number of rotatable bonds is 12. The molecule has 17 heavy (non-hydrogen) atoms. The van der Waals surface area contributed by atoms with E-state index in [1.165, 1.54) is 0 Å². The largest absolute Gasteiger partial charge is 0.389 e. The van der Waals surface area contributed by atoms with Crippen molar-refractivity contribution in [2.45, 2.75) is 19.4 Å². The van der Waals surface area contributed by atoms with Gasteiger partial charge in [-0.3, -0.25) is 0 Å². The van der Waals surface area contributed by atoms with E-state index in [2.05, 4.69) is 6.58 Å². The number of nitrogens with two attached hydrogens (primary N) is 1. The predicted molar refractivity (Wildman–Crippen MR) is 66.9 cm³/mol. The first-order chi connectivity index (χ1) is 8.18. The summed E-state index contributed by atoms with van der Waals surface area (Å²) in [6.45, 7) is 9.26. The van der Waals surface area contributed by atoms with Crippen LogP contribution in [0.5, 0.6) is 0 Å². The fourth-order valence-corrected chi connectivity index (χ4v) is 1.07. The zero-order chi connectivity index (χ0) is 12.9. The molecule has 0 spiro atoms. The Morgan fingerprint density at radius 2 is 1.53 bits per heavy atom. The van der Waals surface area contributed by atoms with E-state index in [0.29, 0.717) is 52.6 Å². The smallest absolute Gasteiger partial charge is 0.0766 e. The molecule has 0 saturated carbocycles. The molecule has 0 aromatic heterocycles. The summed E-state index contributed by atoms with van der Waals surface area (Å²) in [6, 6.07) is 0. The highest BCUT2D eigenvalue weighted by Crippen LogP contribution is 2.02. The van der Waals surface area contributed by atoms with E-state index in [4.69, 9.17) is 19.9 Å². The molecule has 5 nitrogen and oxygen atoms in total. The van der Waals surface area contributed by atoms with Crippen LogP contribution in [0.2, 0.25) is 0 Å². The van der Waals surface area contributed by atoms with E-state index in [9.17, 15) is 5.11 Å². The quantitative estimate of drug-likeness (QED) is 0.384. The molecule has 1 unspecified atom stereocenters. The van der Waals surface area contributed by atoms with E-state index in [0.717, 1.165) is 5.57 Å². The lowest BCUT2D eigenvalue weighted by Crippen LogP contribution is -2.15. The van der Waals surface area contributed by atoms with Crippen molar-refractivity contribution in [3.63, 3.8) is 0 Å². The zero-order valence-electron chi connectivity index (χ0n) is 10.7. The SMILES string of the molecule is C=C(C)C(O)CCOCCOCCOCCN. The van der Waals surface area contributed by atoms with Crippen LogP contribution < -0.4 is 5.73 Å². The van der Waals surface area contributed by atoms with Crippen LogP contribution in [0.1, 0.15) is 13.3 Å². The highest BCUT2D eigenvalue weighted by Gasteiger charge is 2.03. The second-order valence-electron chi connectivity index (χ2n) is 3.78. The maximum atomic E-state index is 9.41. The molecule has 0 bridgehead atoms. The minimum atomic E-state index is -0.472. The number of hydrogen-bond donors (Lipinski definition) is 2. The molecule has 0 aliphatic carbocycles. The first-order valence-corrected chi connectivity index (χ1v) is 5.95. The van der Waals surface area contributed by atoms with Crippen molar-refractivity contribution in [3.05, 3.63) is 12.2 Å². The summed E-state index contributed by atoms with van der Waals surface area (Å²) in [5.41, 5.74) is 6.02. The number of aliphatic hydroxyl groups excluding tert-OH is 1. The fourth-order valence-electron chi connectivity index (χ4n) is 1.07. The molecule has 5 heteroatoms. The van der Waals surface area contributed by atoms with E-state index >= 15 is 0 Å². The minimum Gasteiger partial charge on any atom is -0.389 e. The predicted octanol–water partition coefficient (Wildman–Crippen LogP) is 0.322. The molecule has 0 aliphatic rings. The van der Waals surface area contributed by atoms with Crippen molar-refractivity contribution in [2.24, 2.45) is 5.73 Å². The Balaban J connectivity index is 3.06. The second kappa shape index (κ2) is 12.0. The molecule has 0 fully saturated rings. The van der Waals surface area contributed by atoms with Crippen LogP contribution in [0.3, 0.4) is 0 Å². The Morgan fingerprint density at radius 1 is 1.06 bits per heavy atom.